The van der Waals surface area contributed by atoms with Crippen molar-refractivity contribution in [2.45, 2.75) is 6.42 Å². The van der Waals surface area contributed by atoms with Gasteiger partial charge in [0.05, 0.1) is 17.8 Å². The highest BCUT2D eigenvalue weighted by Crippen LogP contribution is 2.25. The van der Waals surface area contributed by atoms with Gasteiger partial charge in [-0.3, -0.25) is 25.6 Å². The van der Waals surface area contributed by atoms with Gasteiger partial charge in [-0.2, -0.15) is 0 Å². The molecule has 0 fully saturated rings. The number of hydrogen-bond acceptors (Lipinski definition) is 8. The maximum atomic E-state index is 12.1. The van der Waals surface area contributed by atoms with E-state index in [-0.39, 0.29) is 28.6 Å². The molecule has 0 aliphatic carbocycles. The molecule has 2 aromatic carbocycles. The fourth-order valence-electron chi connectivity index (χ4n) is 2.12. The van der Waals surface area contributed by atoms with Gasteiger partial charge in [-0.25, -0.2) is 0 Å². The highest BCUT2D eigenvalue weighted by molar-refractivity contribution is 5.82. The molecule has 0 unspecified atom stereocenters. The molecule has 2 aromatic rings. The predicted molar refractivity (Wildman–Crippen MR) is 88.4 cm³/mol. The largest absolute Gasteiger partial charge is 0.769 e. The molecule has 3 N–H and O–H groups in total. The minimum Gasteiger partial charge on any atom is -0.769 e. The zero-order chi connectivity index (χ0) is 17.7. The Morgan fingerprint density at radius 3 is 2.33 bits per heavy atom. The number of rotatable bonds is 6. The second-order valence-corrected chi connectivity index (χ2v) is 4.97. The summed E-state index contributed by atoms with van der Waals surface area (Å²) in [6.07, 6.45) is -0.192. The molecule has 0 aliphatic rings. The summed E-state index contributed by atoms with van der Waals surface area (Å²) in [5.74, 6) is -0.418. The number of para-hydroxylation sites is 1. The van der Waals surface area contributed by atoms with Crippen LogP contribution in [-0.4, -0.2) is 23.4 Å². The number of nitrogens with one attached hydrogen (secondary N) is 1. The van der Waals surface area contributed by atoms with Crippen LogP contribution in [0.25, 0.3) is 0 Å². The van der Waals surface area contributed by atoms with Crippen LogP contribution >= 0.6 is 0 Å². The van der Waals surface area contributed by atoms with Crippen LogP contribution in [0.15, 0.2) is 48.5 Å². The van der Waals surface area contributed by atoms with E-state index < -0.39 is 11.1 Å². The summed E-state index contributed by atoms with van der Waals surface area (Å²) in [6, 6.07) is 12.6. The molecule has 0 saturated carbocycles. The summed E-state index contributed by atoms with van der Waals surface area (Å²) in [6.45, 7) is 0. The van der Waals surface area contributed by atoms with Gasteiger partial charge in [0.2, 0.25) is 5.91 Å². The fraction of sp³-hybridized carbons (Fsp3) is 0.133. The van der Waals surface area contributed by atoms with Gasteiger partial charge in [0.25, 0.3) is 0 Å². The van der Waals surface area contributed by atoms with Gasteiger partial charge in [0, 0.05) is 12.7 Å². The minimum absolute atomic E-state index is 0.192. The highest BCUT2D eigenvalue weighted by atomic mass is 16.8. The average molecular weight is 332 g/mol. The van der Waals surface area contributed by atoms with Crippen molar-refractivity contribution in [2.24, 2.45) is 0 Å². The smallest absolute Gasteiger partial charge is 0.242 e. The molecule has 128 valence electrons. The van der Waals surface area contributed by atoms with E-state index in [1.54, 1.807) is 19.2 Å². The van der Waals surface area contributed by atoms with Gasteiger partial charge in [0.15, 0.2) is 0 Å². The molecule has 9 heteroatoms. The van der Waals surface area contributed by atoms with Gasteiger partial charge in [0.1, 0.15) is 0 Å². The number of nitrogens with zero attached hydrogens (tertiary/aromatic N) is 3. The van der Waals surface area contributed by atoms with Crippen LogP contribution in [0.3, 0.4) is 0 Å². The molecule has 0 radical (unpaired) electrons. The molecule has 0 aliphatic heterocycles. The van der Waals surface area contributed by atoms with Gasteiger partial charge in [-0.15, -0.1) is 5.23 Å². The molecule has 0 spiro atoms. The van der Waals surface area contributed by atoms with Crippen molar-refractivity contribution in [3.05, 3.63) is 64.5 Å². The third-order valence-corrected chi connectivity index (χ3v) is 3.28. The Labute approximate surface area is 138 Å². The Balaban J connectivity index is 2.11. The Hall–Kier alpha value is -2.85. The van der Waals surface area contributed by atoms with Gasteiger partial charge in [-0.1, -0.05) is 24.3 Å². The van der Waals surface area contributed by atoms with E-state index in [2.05, 4.69) is 5.43 Å². The van der Waals surface area contributed by atoms with E-state index in [9.17, 15) is 25.6 Å². The van der Waals surface area contributed by atoms with E-state index in [1.165, 1.54) is 17.1 Å². The molecule has 2 rings (SSSR count). The van der Waals surface area contributed by atoms with Crippen LogP contribution in [0, 0.1) is 10.4 Å². The number of benzene rings is 2. The first kappa shape index (κ1) is 17.5. The van der Waals surface area contributed by atoms with Crippen molar-refractivity contribution < 1.29 is 15.2 Å². The van der Waals surface area contributed by atoms with Crippen LogP contribution in [0.2, 0.25) is 0 Å². The Bertz CT molecular complexity index is 694. The van der Waals surface area contributed by atoms with Crippen LogP contribution in [0.4, 0.5) is 17.1 Å². The molecule has 0 atom stereocenters. The van der Waals surface area contributed by atoms with Crippen molar-refractivity contribution in [1.82, 2.24) is 5.43 Å². The Morgan fingerprint density at radius 2 is 1.75 bits per heavy atom. The number of carbonyl (C=O) groups excluding carboxylic acids is 1. The number of amides is 1. The maximum absolute atomic E-state index is 12.1. The summed E-state index contributed by atoms with van der Waals surface area (Å²) in [5.41, 5.74) is 3.07. The van der Waals surface area contributed by atoms with Crippen LogP contribution in [-0.2, 0) is 11.2 Å². The fourth-order valence-corrected chi connectivity index (χ4v) is 2.12. The Morgan fingerprint density at radius 1 is 1.08 bits per heavy atom. The minimum atomic E-state index is -0.667. The Kier molecular flexibility index (Phi) is 5.55. The molecular formula is C15H16N4O5-2. The first-order valence-corrected chi connectivity index (χ1v) is 6.92. The number of hydrazine groups is 1. The van der Waals surface area contributed by atoms with E-state index >= 15 is 0 Å². The first-order valence-electron chi connectivity index (χ1n) is 6.92. The second-order valence-electron chi connectivity index (χ2n) is 4.97. The quantitative estimate of drug-likeness (QED) is 0.684. The summed E-state index contributed by atoms with van der Waals surface area (Å²) in [4.78, 5) is 12.1. The molecule has 1 amide bonds. The standard InChI is InChI=1S/C15H16N4O5/c1-17(12-5-3-2-4-6-12)16-15(20)9-11-7-8-13(18(21)22)10-14(11)19(23)24/h2-8,10,23-24H,9H2,1H3,(H,16,20)/q-2. The van der Waals surface area contributed by atoms with E-state index in [0.717, 1.165) is 11.8 Å². The van der Waals surface area contributed by atoms with Crippen molar-refractivity contribution in [3.8, 4) is 0 Å². The zero-order valence-electron chi connectivity index (χ0n) is 12.8. The van der Waals surface area contributed by atoms with Crippen molar-refractivity contribution in [1.29, 1.82) is 0 Å². The van der Waals surface area contributed by atoms with Crippen molar-refractivity contribution in [3.63, 3.8) is 0 Å². The van der Waals surface area contributed by atoms with Gasteiger partial charge in [-0.05, 0) is 29.8 Å². The van der Waals surface area contributed by atoms with E-state index in [0.29, 0.717) is 0 Å². The average Bonchev–Trinajstić information content (AvgIpc) is 2.55. The van der Waals surface area contributed by atoms with Gasteiger partial charge >= 0.3 is 0 Å². The van der Waals surface area contributed by atoms with E-state index in [4.69, 9.17) is 0 Å². The second kappa shape index (κ2) is 7.62. The predicted octanol–water partition coefficient (Wildman–Crippen LogP) is 1.78. The molecule has 9 nitrogen and oxygen atoms in total. The molecular weight excluding hydrogens is 316 g/mol. The maximum Gasteiger partial charge on any atom is 0.242 e. The van der Waals surface area contributed by atoms with Crippen LogP contribution in [0.5, 0.6) is 0 Å². The molecule has 0 saturated heterocycles. The lowest BCUT2D eigenvalue weighted by Crippen LogP contribution is -2.40. The monoisotopic (exact) mass is 332 g/mol. The van der Waals surface area contributed by atoms with Gasteiger partial charge < -0.3 is 15.6 Å². The molecule has 0 aromatic heterocycles. The normalized spacial score (nSPS) is 10.2. The number of carbonyl (C=O) groups is 1. The zero-order valence-corrected chi connectivity index (χ0v) is 12.8. The van der Waals surface area contributed by atoms with Crippen LogP contribution in [0.1, 0.15) is 5.56 Å². The lowest BCUT2D eigenvalue weighted by atomic mass is 10.1. The third-order valence-electron chi connectivity index (χ3n) is 3.28. The van der Waals surface area contributed by atoms with E-state index in [1.807, 2.05) is 18.2 Å². The summed E-state index contributed by atoms with van der Waals surface area (Å²) < 4.78 is 0. The topological polar surface area (TPSA) is 125 Å². The summed E-state index contributed by atoms with van der Waals surface area (Å²) >= 11 is 0. The lowest BCUT2D eigenvalue weighted by molar-refractivity contribution is -0.120. The first-order chi connectivity index (χ1) is 11.4. The molecule has 0 bridgehead atoms. The van der Waals surface area contributed by atoms with Crippen LogP contribution < -0.4 is 20.9 Å². The number of anilines is 3. The number of hydrogen-bond donors (Lipinski definition) is 3. The highest BCUT2D eigenvalue weighted by Gasteiger charge is 2.13. The molecule has 24 heavy (non-hydrogen) atoms. The lowest BCUT2D eigenvalue weighted by Gasteiger charge is -2.38. The van der Waals surface area contributed by atoms with Crippen molar-refractivity contribution >= 4 is 23.0 Å². The van der Waals surface area contributed by atoms with Crippen molar-refractivity contribution in [2.75, 3.05) is 22.5 Å². The SMILES string of the molecule is CN(NC(=O)Cc1ccc(N([O-])[O-])cc1N(O)O)c1ccccc1. The summed E-state index contributed by atoms with van der Waals surface area (Å²) in [7, 11) is 1.66. The molecule has 0 heterocycles. The third kappa shape index (κ3) is 4.33. The summed E-state index contributed by atoms with van der Waals surface area (Å²) in [5, 5.41) is 40.5.